The molecule has 1 N–H and O–H groups in total. The second kappa shape index (κ2) is 4.54. The highest BCUT2D eigenvalue weighted by molar-refractivity contribution is 9.10. The van der Waals surface area contributed by atoms with Gasteiger partial charge in [0.2, 0.25) is 0 Å². The molecule has 88 valence electrons. The molecule has 3 nitrogen and oxygen atoms in total. The normalized spacial score (nSPS) is 10.5. The molecule has 1 aromatic carbocycles. The van der Waals surface area contributed by atoms with Crippen LogP contribution in [0.25, 0.3) is 10.6 Å². The number of benzene rings is 1. The molecule has 2 rings (SSSR count). The average molecular weight is 316 g/mol. The summed E-state index contributed by atoms with van der Waals surface area (Å²) in [6, 6.07) is 4.59. The summed E-state index contributed by atoms with van der Waals surface area (Å²) < 4.78 is 14.3. The molecule has 0 unspecified atom stereocenters. The molecule has 0 aliphatic heterocycles. The van der Waals surface area contributed by atoms with Crippen molar-refractivity contribution in [3.05, 3.63) is 39.1 Å². The first-order valence-electron chi connectivity index (χ1n) is 4.65. The molecule has 0 atom stereocenters. The topological polar surface area (TPSA) is 50.2 Å². The fourth-order valence-corrected chi connectivity index (χ4v) is 2.64. The zero-order chi connectivity index (χ0) is 12.6. The van der Waals surface area contributed by atoms with Gasteiger partial charge in [0, 0.05) is 14.9 Å². The van der Waals surface area contributed by atoms with Gasteiger partial charge in [-0.05, 0) is 25.1 Å². The van der Waals surface area contributed by atoms with Crippen LogP contribution >= 0.6 is 27.3 Å². The second-order valence-electron chi connectivity index (χ2n) is 3.35. The molecule has 0 saturated heterocycles. The predicted octanol–water partition coefficient (Wildman–Crippen LogP) is 3.72. The van der Waals surface area contributed by atoms with Gasteiger partial charge in [-0.3, -0.25) is 0 Å². The van der Waals surface area contributed by atoms with Crippen LogP contribution < -0.4 is 0 Å². The number of thiazole rings is 1. The lowest BCUT2D eigenvalue weighted by atomic mass is 10.2. The van der Waals surface area contributed by atoms with Crippen molar-refractivity contribution in [1.29, 1.82) is 0 Å². The highest BCUT2D eigenvalue weighted by atomic mass is 79.9. The number of aromatic nitrogens is 1. The van der Waals surface area contributed by atoms with Crippen LogP contribution in [0.15, 0.2) is 22.7 Å². The molecule has 1 heterocycles. The fraction of sp³-hybridized carbons (Fsp3) is 0.0909. The maximum absolute atomic E-state index is 13.7. The third-order valence-corrected chi connectivity index (χ3v) is 3.66. The van der Waals surface area contributed by atoms with Gasteiger partial charge >= 0.3 is 5.97 Å². The summed E-state index contributed by atoms with van der Waals surface area (Å²) in [5.74, 6) is -1.52. The number of aromatic carboxylic acids is 1. The lowest BCUT2D eigenvalue weighted by Crippen LogP contribution is -1.98. The molecule has 1 aromatic heterocycles. The number of carbonyl (C=O) groups is 1. The minimum Gasteiger partial charge on any atom is -0.476 e. The largest absolute Gasteiger partial charge is 0.476 e. The van der Waals surface area contributed by atoms with E-state index in [1.165, 1.54) is 17.4 Å². The molecule has 2 aromatic rings. The monoisotopic (exact) mass is 315 g/mol. The predicted molar refractivity (Wildman–Crippen MR) is 66.9 cm³/mol. The van der Waals surface area contributed by atoms with Crippen molar-refractivity contribution in [3.63, 3.8) is 0 Å². The van der Waals surface area contributed by atoms with Crippen LogP contribution in [0.1, 0.15) is 15.4 Å². The summed E-state index contributed by atoms with van der Waals surface area (Å²) in [7, 11) is 0. The van der Waals surface area contributed by atoms with Gasteiger partial charge in [-0.25, -0.2) is 14.2 Å². The van der Waals surface area contributed by atoms with Gasteiger partial charge < -0.3 is 5.11 Å². The number of hydrogen-bond donors (Lipinski definition) is 1. The quantitative estimate of drug-likeness (QED) is 0.919. The first kappa shape index (κ1) is 12.2. The Morgan fingerprint density at radius 1 is 1.53 bits per heavy atom. The number of carboxylic acids is 1. The van der Waals surface area contributed by atoms with Crippen LogP contribution in [0, 0.1) is 12.7 Å². The van der Waals surface area contributed by atoms with Crippen LogP contribution in [0.3, 0.4) is 0 Å². The summed E-state index contributed by atoms with van der Waals surface area (Å²) in [6.45, 7) is 1.65. The van der Waals surface area contributed by atoms with Crippen molar-refractivity contribution in [2.45, 2.75) is 6.92 Å². The van der Waals surface area contributed by atoms with Crippen molar-refractivity contribution in [2.24, 2.45) is 0 Å². The molecule has 0 fully saturated rings. The van der Waals surface area contributed by atoms with Crippen LogP contribution in [0.4, 0.5) is 4.39 Å². The van der Waals surface area contributed by atoms with E-state index < -0.39 is 11.8 Å². The van der Waals surface area contributed by atoms with Crippen molar-refractivity contribution >= 4 is 33.2 Å². The molecular weight excluding hydrogens is 309 g/mol. The highest BCUT2D eigenvalue weighted by Gasteiger charge is 2.17. The maximum Gasteiger partial charge on any atom is 0.355 e. The molecule has 0 amide bonds. The van der Waals surface area contributed by atoms with E-state index in [1.807, 2.05) is 0 Å². The standard InChI is InChI=1S/C11H7BrFNO2S/c1-5-9(11(15)16)14-10(17-5)7-3-2-6(12)4-8(7)13/h2-4H,1H3,(H,15,16). The van der Waals surface area contributed by atoms with E-state index in [0.717, 1.165) is 0 Å². The second-order valence-corrected chi connectivity index (χ2v) is 5.47. The number of carboxylic acid groups (broad SMARTS) is 1. The summed E-state index contributed by atoms with van der Waals surface area (Å²) in [5, 5.41) is 9.26. The molecular formula is C11H7BrFNO2S. The Labute approximate surface area is 109 Å². The Hall–Kier alpha value is -1.27. The average Bonchev–Trinajstić information content (AvgIpc) is 2.60. The number of halogens is 2. The third-order valence-electron chi connectivity index (χ3n) is 2.16. The van der Waals surface area contributed by atoms with Crippen molar-refractivity contribution in [2.75, 3.05) is 0 Å². The van der Waals surface area contributed by atoms with E-state index in [2.05, 4.69) is 20.9 Å². The molecule has 0 saturated carbocycles. The van der Waals surface area contributed by atoms with Gasteiger partial charge in [-0.1, -0.05) is 15.9 Å². The van der Waals surface area contributed by atoms with Gasteiger partial charge in [0.1, 0.15) is 10.8 Å². The van der Waals surface area contributed by atoms with E-state index in [1.54, 1.807) is 19.1 Å². The Morgan fingerprint density at radius 3 is 2.76 bits per heavy atom. The minimum absolute atomic E-state index is 0.0210. The third kappa shape index (κ3) is 2.37. The molecule has 0 spiro atoms. The zero-order valence-electron chi connectivity index (χ0n) is 8.70. The molecule has 17 heavy (non-hydrogen) atoms. The molecule has 0 bridgehead atoms. The minimum atomic E-state index is -1.09. The molecule has 0 aliphatic rings. The van der Waals surface area contributed by atoms with Gasteiger partial charge in [0.25, 0.3) is 0 Å². The van der Waals surface area contributed by atoms with Crippen LogP contribution in [-0.2, 0) is 0 Å². The SMILES string of the molecule is Cc1sc(-c2ccc(Br)cc2F)nc1C(=O)O. The molecule has 0 radical (unpaired) electrons. The van der Waals surface area contributed by atoms with Crippen molar-refractivity contribution in [3.8, 4) is 10.6 Å². The van der Waals surface area contributed by atoms with E-state index in [0.29, 0.717) is 19.9 Å². The van der Waals surface area contributed by atoms with Crippen molar-refractivity contribution < 1.29 is 14.3 Å². The Balaban J connectivity index is 2.53. The summed E-state index contributed by atoms with van der Waals surface area (Å²) >= 11 is 4.33. The number of hydrogen-bond acceptors (Lipinski definition) is 3. The van der Waals surface area contributed by atoms with E-state index in [-0.39, 0.29) is 5.69 Å². The smallest absolute Gasteiger partial charge is 0.355 e. The van der Waals surface area contributed by atoms with E-state index >= 15 is 0 Å². The Kier molecular flexibility index (Phi) is 3.26. The van der Waals surface area contributed by atoms with E-state index in [9.17, 15) is 9.18 Å². The zero-order valence-corrected chi connectivity index (χ0v) is 11.1. The Morgan fingerprint density at radius 2 is 2.24 bits per heavy atom. The Bertz CT molecular complexity index is 597. The van der Waals surface area contributed by atoms with Crippen LogP contribution in [0.5, 0.6) is 0 Å². The van der Waals surface area contributed by atoms with Gasteiger partial charge in [0.05, 0.1) is 0 Å². The summed E-state index contributed by atoms with van der Waals surface area (Å²) in [6.07, 6.45) is 0. The van der Waals surface area contributed by atoms with Crippen LogP contribution in [0.2, 0.25) is 0 Å². The number of nitrogens with zero attached hydrogens (tertiary/aromatic N) is 1. The summed E-state index contributed by atoms with van der Waals surface area (Å²) in [4.78, 5) is 15.3. The van der Waals surface area contributed by atoms with Gasteiger partial charge in [-0.15, -0.1) is 11.3 Å². The van der Waals surface area contributed by atoms with E-state index in [4.69, 9.17) is 5.11 Å². The summed E-state index contributed by atoms with van der Waals surface area (Å²) in [5.41, 5.74) is 0.293. The van der Waals surface area contributed by atoms with Gasteiger partial charge in [-0.2, -0.15) is 0 Å². The lowest BCUT2D eigenvalue weighted by Gasteiger charge is -1.98. The number of aryl methyl sites for hydroxylation is 1. The fourth-order valence-electron chi connectivity index (χ4n) is 1.37. The highest BCUT2D eigenvalue weighted by Crippen LogP contribution is 2.30. The first-order valence-corrected chi connectivity index (χ1v) is 6.26. The molecule has 6 heteroatoms. The molecule has 0 aliphatic carbocycles. The number of rotatable bonds is 2. The lowest BCUT2D eigenvalue weighted by molar-refractivity contribution is 0.0690. The van der Waals surface area contributed by atoms with Gasteiger partial charge in [0.15, 0.2) is 5.69 Å². The van der Waals surface area contributed by atoms with Crippen molar-refractivity contribution in [1.82, 2.24) is 4.98 Å². The van der Waals surface area contributed by atoms with Crippen LogP contribution in [-0.4, -0.2) is 16.1 Å². The maximum atomic E-state index is 13.7. The first-order chi connectivity index (χ1) is 7.99.